The van der Waals surface area contributed by atoms with Crippen LogP contribution in [0.5, 0.6) is 0 Å². The normalized spacial score (nSPS) is 15.7. The maximum absolute atomic E-state index is 5.86. The van der Waals surface area contributed by atoms with Crippen LogP contribution in [0.2, 0.25) is 0 Å². The van der Waals surface area contributed by atoms with Crippen molar-refractivity contribution in [1.82, 2.24) is 34.4 Å². The Balaban J connectivity index is 1.22. The van der Waals surface area contributed by atoms with Gasteiger partial charge >= 0.3 is 0 Å². The Morgan fingerprint density at radius 2 is 2.02 bits per heavy atom. The third-order valence-electron chi connectivity index (χ3n) is 7.68. The van der Waals surface area contributed by atoms with Crippen LogP contribution >= 0.6 is 0 Å². The van der Waals surface area contributed by atoms with E-state index in [-0.39, 0.29) is 0 Å². The number of ether oxygens (including phenoxy) is 1. The van der Waals surface area contributed by atoms with Crippen molar-refractivity contribution in [3.63, 3.8) is 0 Å². The first kappa shape index (κ1) is 26.9. The number of nitrogens with one attached hydrogen (secondary N) is 1. The van der Waals surface area contributed by atoms with Crippen LogP contribution < -0.4 is 11.1 Å². The summed E-state index contributed by atoms with van der Waals surface area (Å²) in [5.41, 5.74) is 14.3. The number of hydrogen-bond acceptors (Lipinski definition) is 9. The third-order valence-corrected chi connectivity index (χ3v) is 7.68. The first-order valence-electron chi connectivity index (χ1n) is 14.1. The van der Waals surface area contributed by atoms with Crippen LogP contribution in [0, 0.1) is 0 Å². The Morgan fingerprint density at radius 1 is 1.15 bits per heavy atom. The van der Waals surface area contributed by atoms with Crippen LogP contribution in [0.15, 0.2) is 53.9 Å². The Bertz CT molecular complexity index is 1580. The van der Waals surface area contributed by atoms with Crippen LogP contribution in [0.4, 0.5) is 11.8 Å². The van der Waals surface area contributed by atoms with Gasteiger partial charge in [0.15, 0.2) is 5.82 Å². The van der Waals surface area contributed by atoms with Crippen molar-refractivity contribution in [2.24, 2.45) is 17.8 Å². The maximum Gasteiger partial charge on any atom is 0.228 e. The standard InChI is InChI=1S/C30H36N10O/c1-32-19-24(18-31)22-5-3-4-21(16-22)17-26-28-25(36-38(26)2)7-6-23-20-33-30(35-29(23)28)34-27-8-9-40(37-27)11-10-39-12-14-41-15-13-39/h3-5,8-9,16,18-20H,6-7,10-15,17,31H2,1-2H3,(H,33,34,35,37)/b24-18+,32-19?. The summed E-state index contributed by atoms with van der Waals surface area (Å²) in [6, 6.07) is 10.4. The molecule has 0 spiro atoms. The summed E-state index contributed by atoms with van der Waals surface area (Å²) in [5.74, 6) is 1.26. The number of fused-ring (bicyclic) bond motifs is 3. The number of anilines is 2. The summed E-state index contributed by atoms with van der Waals surface area (Å²) < 4.78 is 9.39. The van der Waals surface area contributed by atoms with E-state index < -0.39 is 0 Å². The lowest BCUT2D eigenvalue weighted by atomic mass is 9.91. The molecule has 3 N–H and O–H groups in total. The minimum Gasteiger partial charge on any atom is -0.404 e. The molecule has 11 nitrogen and oxygen atoms in total. The van der Waals surface area contributed by atoms with Crippen molar-refractivity contribution >= 4 is 23.6 Å². The van der Waals surface area contributed by atoms with E-state index in [9.17, 15) is 0 Å². The van der Waals surface area contributed by atoms with Gasteiger partial charge < -0.3 is 15.8 Å². The molecule has 0 saturated carbocycles. The van der Waals surface area contributed by atoms with Gasteiger partial charge in [0.05, 0.1) is 36.8 Å². The second-order valence-electron chi connectivity index (χ2n) is 10.4. The molecular formula is C30H36N10O. The molecule has 4 aromatic rings. The van der Waals surface area contributed by atoms with E-state index in [1.165, 1.54) is 5.56 Å². The van der Waals surface area contributed by atoms with Crippen molar-refractivity contribution in [1.29, 1.82) is 0 Å². The van der Waals surface area contributed by atoms with E-state index in [1.807, 2.05) is 40.9 Å². The zero-order chi connectivity index (χ0) is 28.2. The van der Waals surface area contributed by atoms with Crippen molar-refractivity contribution in [3.05, 3.63) is 77.0 Å². The molecule has 6 rings (SSSR count). The molecule has 0 radical (unpaired) electrons. The zero-order valence-electron chi connectivity index (χ0n) is 23.6. The summed E-state index contributed by atoms with van der Waals surface area (Å²) in [7, 11) is 3.76. The van der Waals surface area contributed by atoms with Gasteiger partial charge in [0.2, 0.25) is 5.95 Å². The predicted molar refractivity (Wildman–Crippen MR) is 160 cm³/mol. The number of aryl methyl sites for hydroxylation is 3. The summed E-state index contributed by atoms with van der Waals surface area (Å²) in [6.07, 6.45) is 9.74. The van der Waals surface area contributed by atoms with Gasteiger partial charge in [0.25, 0.3) is 0 Å². The number of allylic oxidation sites excluding steroid dienone is 1. The topological polar surface area (TPSA) is 124 Å². The summed E-state index contributed by atoms with van der Waals surface area (Å²) >= 11 is 0. The van der Waals surface area contributed by atoms with E-state index in [2.05, 4.69) is 38.4 Å². The highest BCUT2D eigenvalue weighted by Crippen LogP contribution is 2.36. The second-order valence-corrected chi connectivity index (χ2v) is 10.4. The average Bonchev–Trinajstić information content (AvgIpc) is 3.58. The number of rotatable bonds is 9. The van der Waals surface area contributed by atoms with E-state index >= 15 is 0 Å². The highest BCUT2D eigenvalue weighted by molar-refractivity contribution is 6.09. The Kier molecular flexibility index (Phi) is 7.88. The predicted octanol–water partition coefficient (Wildman–Crippen LogP) is 2.84. The largest absolute Gasteiger partial charge is 0.404 e. The maximum atomic E-state index is 5.86. The first-order chi connectivity index (χ1) is 20.1. The van der Waals surface area contributed by atoms with Crippen molar-refractivity contribution in [3.8, 4) is 11.3 Å². The van der Waals surface area contributed by atoms with Crippen LogP contribution in [0.3, 0.4) is 0 Å². The SMILES string of the molecule is CN=C/C(=C\N)c1cccc(Cc2c3c(nn2C)CCc2cnc(Nc4ccn(CCN5CCOCC5)n4)nc2-3)c1. The number of nitrogens with zero attached hydrogens (tertiary/aromatic N) is 8. The minimum atomic E-state index is 0.531. The lowest BCUT2D eigenvalue weighted by Gasteiger charge is -2.26. The number of benzene rings is 1. The number of morpholine rings is 1. The van der Waals surface area contributed by atoms with E-state index in [4.69, 9.17) is 25.7 Å². The molecule has 3 aromatic heterocycles. The molecule has 2 aliphatic rings. The van der Waals surface area contributed by atoms with Gasteiger partial charge in [-0.25, -0.2) is 9.97 Å². The molecule has 1 fully saturated rings. The summed E-state index contributed by atoms with van der Waals surface area (Å²) in [6.45, 7) is 5.32. The van der Waals surface area contributed by atoms with Gasteiger partial charge in [0.1, 0.15) is 0 Å². The first-order valence-corrected chi connectivity index (χ1v) is 14.1. The van der Waals surface area contributed by atoms with Crippen molar-refractivity contribution < 1.29 is 4.74 Å². The fourth-order valence-corrected chi connectivity index (χ4v) is 5.53. The van der Waals surface area contributed by atoms with Gasteiger partial charge in [-0.15, -0.1) is 0 Å². The molecule has 0 amide bonds. The molecule has 0 unspecified atom stereocenters. The molecule has 0 atom stereocenters. The molecule has 1 aliphatic carbocycles. The van der Waals surface area contributed by atoms with Gasteiger partial charge in [-0.3, -0.25) is 19.3 Å². The smallest absolute Gasteiger partial charge is 0.228 e. The van der Waals surface area contributed by atoms with Crippen LogP contribution in [0.1, 0.15) is 28.1 Å². The van der Waals surface area contributed by atoms with Gasteiger partial charge in [-0.1, -0.05) is 24.3 Å². The van der Waals surface area contributed by atoms with Gasteiger partial charge in [-0.2, -0.15) is 10.2 Å². The lowest BCUT2D eigenvalue weighted by molar-refractivity contribution is 0.0360. The fraction of sp³-hybridized carbons (Fsp3) is 0.367. The molecular weight excluding hydrogens is 516 g/mol. The van der Waals surface area contributed by atoms with E-state index in [0.29, 0.717) is 12.4 Å². The molecule has 1 aliphatic heterocycles. The van der Waals surface area contributed by atoms with Gasteiger partial charge in [0, 0.05) is 82.2 Å². The zero-order valence-corrected chi connectivity index (χ0v) is 23.6. The second kappa shape index (κ2) is 12.0. The van der Waals surface area contributed by atoms with Crippen LogP contribution in [-0.2, 0) is 37.6 Å². The lowest BCUT2D eigenvalue weighted by Crippen LogP contribution is -2.38. The molecule has 1 saturated heterocycles. The van der Waals surface area contributed by atoms with Crippen LogP contribution in [-0.4, -0.2) is 80.5 Å². The quantitative estimate of drug-likeness (QED) is 0.304. The molecule has 4 heterocycles. The fourth-order valence-electron chi connectivity index (χ4n) is 5.53. The molecule has 212 valence electrons. The highest BCUT2D eigenvalue weighted by atomic mass is 16.5. The van der Waals surface area contributed by atoms with Crippen molar-refractivity contribution in [2.75, 3.05) is 45.2 Å². The number of aromatic nitrogens is 6. The van der Waals surface area contributed by atoms with Crippen LogP contribution in [0.25, 0.3) is 16.8 Å². The molecule has 0 bridgehead atoms. The molecule has 1 aromatic carbocycles. The monoisotopic (exact) mass is 552 g/mol. The summed E-state index contributed by atoms with van der Waals surface area (Å²) in [4.78, 5) is 16.1. The number of aliphatic imine (C=N–C) groups is 1. The minimum absolute atomic E-state index is 0.531. The summed E-state index contributed by atoms with van der Waals surface area (Å²) in [5, 5.41) is 12.9. The van der Waals surface area contributed by atoms with E-state index in [0.717, 1.165) is 97.4 Å². The highest BCUT2D eigenvalue weighted by Gasteiger charge is 2.26. The Labute approximate surface area is 239 Å². The molecule has 11 heteroatoms. The van der Waals surface area contributed by atoms with Crippen molar-refractivity contribution in [2.45, 2.75) is 25.8 Å². The average molecular weight is 553 g/mol. The number of hydrogen-bond donors (Lipinski definition) is 2. The molecule has 41 heavy (non-hydrogen) atoms. The van der Waals surface area contributed by atoms with Gasteiger partial charge in [-0.05, 0) is 29.5 Å². The van der Waals surface area contributed by atoms with E-state index in [1.54, 1.807) is 19.5 Å². The number of nitrogens with two attached hydrogens (primary N) is 1. The third kappa shape index (κ3) is 5.91. The Hall–Kier alpha value is -4.35. The Morgan fingerprint density at radius 3 is 2.85 bits per heavy atom.